The highest BCUT2D eigenvalue weighted by atomic mass is 15.0. The van der Waals surface area contributed by atoms with Crippen molar-refractivity contribution in [2.75, 3.05) is 0 Å². The van der Waals surface area contributed by atoms with Crippen molar-refractivity contribution < 1.29 is 0 Å². The molecule has 0 aliphatic heterocycles. The molecule has 0 aliphatic rings. The second kappa shape index (κ2) is 6.35. The normalized spacial score (nSPS) is 12.4. The van der Waals surface area contributed by atoms with E-state index >= 15 is 0 Å². The standard InChI is InChI=1S/C18H25N3/c1-17(2,16-10-6-8-12-20-16)14-18(3,4)21-13-15-9-5-7-11-19-15/h5-12,21H,13-14H2,1-4H3. The quantitative estimate of drug-likeness (QED) is 0.878. The number of pyridine rings is 2. The summed E-state index contributed by atoms with van der Waals surface area (Å²) in [4.78, 5) is 8.87. The van der Waals surface area contributed by atoms with E-state index in [1.54, 1.807) is 0 Å². The minimum atomic E-state index is 0.0124. The molecule has 0 saturated heterocycles. The molecule has 0 amide bonds. The Morgan fingerprint density at radius 3 is 2.14 bits per heavy atom. The number of nitrogens with one attached hydrogen (secondary N) is 1. The van der Waals surface area contributed by atoms with Crippen LogP contribution in [0.4, 0.5) is 0 Å². The highest BCUT2D eigenvalue weighted by molar-refractivity contribution is 5.16. The fraction of sp³-hybridized carbons (Fsp3) is 0.444. The summed E-state index contributed by atoms with van der Waals surface area (Å²) in [6, 6.07) is 12.1. The van der Waals surface area contributed by atoms with Crippen LogP contribution in [0.3, 0.4) is 0 Å². The van der Waals surface area contributed by atoms with Gasteiger partial charge in [-0.1, -0.05) is 26.0 Å². The van der Waals surface area contributed by atoms with Gasteiger partial charge in [-0.05, 0) is 44.5 Å². The molecule has 2 heterocycles. The van der Waals surface area contributed by atoms with Crippen LogP contribution in [0.1, 0.15) is 45.5 Å². The van der Waals surface area contributed by atoms with E-state index < -0.39 is 0 Å². The van der Waals surface area contributed by atoms with Crippen LogP contribution in [0.15, 0.2) is 48.8 Å². The average molecular weight is 283 g/mol. The third kappa shape index (κ3) is 4.64. The highest BCUT2D eigenvalue weighted by Gasteiger charge is 2.30. The van der Waals surface area contributed by atoms with E-state index in [0.717, 1.165) is 24.4 Å². The number of rotatable bonds is 6. The van der Waals surface area contributed by atoms with Crippen molar-refractivity contribution >= 4 is 0 Å². The molecule has 0 unspecified atom stereocenters. The molecule has 3 heteroatoms. The van der Waals surface area contributed by atoms with Gasteiger partial charge in [-0.3, -0.25) is 9.97 Å². The minimum Gasteiger partial charge on any atom is -0.306 e. The van der Waals surface area contributed by atoms with Gasteiger partial charge in [0.2, 0.25) is 0 Å². The molecule has 21 heavy (non-hydrogen) atoms. The lowest BCUT2D eigenvalue weighted by atomic mass is 9.77. The second-order valence-electron chi connectivity index (χ2n) is 6.83. The molecule has 1 N–H and O–H groups in total. The predicted octanol–water partition coefficient (Wildman–Crippen LogP) is 3.71. The van der Waals surface area contributed by atoms with Crippen molar-refractivity contribution in [3.63, 3.8) is 0 Å². The molecule has 2 aromatic rings. The van der Waals surface area contributed by atoms with E-state index in [4.69, 9.17) is 0 Å². The van der Waals surface area contributed by atoms with Crippen molar-refractivity contribution in [1.82, 2.24) is 15.3 Å². The maximum Gasteiger partial charge on any atom is 0.0541 e. The van der Waals surface area contributed by atoms with E-state index in [1.807, 2.05) is 36.7 Å². The third-order valence-corrected chi connectivity index (χ3v) is 3.72. The highest BCUT2D eigenvalue weighted by Crippen LogP contribution is 2.30. The fourth-order valence-corrected chi connectivity index (χ4v) is 2.85. The summed E-state index contributed by atoms with van der Waals surface area (Å²) in [5, 5.41) is 3.61. The molecule has 3 nitrogen and oxygen atoms in total. The maximum absolute atomic E-state index is 4.51. The van der Waals surface area contributed by atoms with Crippen LogP contribution in [0.25, 0.3) is 0 Å². The first kappa shape index (κ1) is 15.6. The monoisotopic (exact) mass is 283 g/mol. The number of aromatic nitrogens is 2. The zero-order chi connectivity index (χ0) is 15.3. The molecular formula is C18H25N3. The van der Waals surface area contributed by atoms with Crippen molar-refractivity contribution in [2.45, 2.75) is 51.6 Å². The summed E-state index contributed by atoms with van der Waals surface area (Å²) in [5.41, 5.74) is 2.25. The first-order chi connectivity index (χ1) is 9.89. The summed E-state index contributed by atoms with van der Waals surface area (Å²) in [7, 11) is 0. The van der Waals surface area contributed by atoms with E-state index in [-0.39, 0.29) is 11.0 Å². The average Bonchev–Trinajstić information content (AvgIpc) is 2.46. The Hall–Kier alpha value is -1.74. The summed E-state index contributed by atoms with van der Waals surface area (Å²) >= 11 is 0. The van der Waals surface area contributed by atoms with Crippen molar-refractivity contribution in [1.29, 1.82) is 0 Å². The molecule has 2 rings (SSSR count). The van der Waals surface area contributed by atoms with Crippen LogP contribution in [-0.2, 0) is 12.0 Å². The molecule has 0 bridgehead atoms. The zero-order valence-electron chi connectivity index (χ0n) is 13.4. The first-order valence-electron chi connectivity index (χ1n) is 7.46. The molecule has 0 aliphatic carbocycles. The smallest absolute Gasteiger partial charge is 0.0541 e. The van der Waals surface area contributed by atoms with Gasteiger partial charge < -0.3 is 5.32 Å². The summed E-state index contributed by atoms with van der Waals surface area (Å²) in [6.07, 6.45) is 4.71. The van der Waals surface area contributed by atoms with Gasteiger partial charge in [-0.25, -0.2) is 0 Å². The van der Waals surface area contributed by atoms with Crippen LogP contribution in [-0.4, -0.2) is 15.5 Å². The van der Waals surface area contributed by atoms with Gasteiger partial charge in [0.15, 0.2) is 0 Å². The van der Waals surface area contributed by atoms with Gasteiger partial charge in [0.1, 0.15) is 0 Å². The van der Waals surface area contributed by atoms with E-state index in [2.05, 4.69) is 55.1 Å². The van der Waals surface area contributed by atoms with Gasteiger partial charge in [-0.15, -0.1) is 0 Å². The molecule has 0 fully saturated rings. The Kier molecular flexibility index (Phi) is 4.73. The summed E-state index contributed by atoms with van der Waals surface area (Å²) in [5.74, 6) is 0. The SMILES string of the molecule is CC(C)(CC(C)(C)c1ccccn1)NCc1ccccn1. The molecule has 0 radical (unpaired) electrons. The Morgan fingerprint density at radius 1 is 0.905 bits per heavy atom. The minimum absolute atomic E-state index is 0.0124. The Bertz CT molecular complexity index is 547. The van der Waals surface area contributed by atoms with Gasteiger partial charge in [-0.2, -0.15) is 0 Å². The molecular weight excluding hydrogens is 258 g/mol. The molecule has 0 saturated carbocycles. The molecule has 0 atom stereocenters. The summed E-state index contributed by atoms with van der Waals surface area (Å²) < 4.78 is 0. The Morgan fingerprint density at radius 2 is 1.57 bits per heavy atom. The van der Waals surface area contributed by atoms with Crippen LogP contribution in [0, 0.1) is 0 Å². The van der Waals surface area contributed by atoms with E-state index in [9.17, 15) is 0 Å². The van der Waals surface area contributed by atoms with Crippen LogP contribution in [0.5, 0.6) is 0 Å². The van der Waals surface area contributed by atoms with Crippen LogP contribution in [0.2, 0.25) is 0 Å². The number of hydrogen-bond acceptors (Lipinski definition) is 3. The molecule has 0 aromatic carbocycles. The predicted molar refractivity (Wildman–Crippen MR) is 87.0 cm³/mol. The maximum atomic E-state index is 4.51. The lowest BCUT2D eigenvalue weighted by molar-refractivity contribution is 0.281. The largest absolute Gasteiger partial charge is 0.306 e. The van der Waals surface area contributed by atoms with Gasteiger partial charge in [0.25, 0.3) is 0 Å². The van der Waals surface area contributed by atoms with Gasteiger partial charge >= 0.3 is 0 Å². The second-order valence-corrected chi connectivity index (χ2v) is 6.83. The summed E-state index contributed by atoms with van der Waals surface area (Å²) in [6.45, 7) is 9.76. The van der Waals surface area contributed by atoms with Gasteiger partial charge in [0, 0.05) is 35.6 Å². The number of nitrogens with zero attached hydrogens (tertiary/aromatic N) is 2. The first-order valence-corrected chi connectivity index (χ1v) is 7.46. The van der Waals surface area contributed by atoms with Crippen LogP contribution < -0.4 is 5.32 Å². The topological polar surface area (TPSA) is 37.8 Å². The van der Waals surface area contributed by atoms with Crippen molar-refractivity contribution in [3.8, 4) is 0 Å². The van der Waals surface area contributed by atoms with Crippen molar-refractivity contribution in [2.24, 2.45) is 0 Å². The number of hydrogen-bond donors (Lipinski definition) is 1. The Balaban J connectivity index is 2.00. The molecule has 2 aromatic heterocycles. The zero-order valence-corrected chi connectivity index (χ0v) is 13.4. The fourth-order valence-electron chi connectivity index (χ4n) is 2.85. The van der Waals surface area contributed by atoms with E-state index in [0.29, 0.717) is 0 Å². The van der Waals surface area contributed by atoms with E-state index in [1.165, 1.54) is 0 Å². The van der Waals surface area contributed by atoms with Crippen molar-refractivity contribution in [3.05, 3.63) is 60.2 Å². The molecule has 0 spiro atoms. The molecule has 112 valence electrons. The van der Waals surface area contributed by atoms with Gasteiger partial charge in [0.05, 0.1) is 5.69 Å². The van der Waals surface area contributed by atoms with Crippen LogP contribution >= 0.6 is 0 Å². The Labute approximate surface area is 127 Å². The lowest BCUT2D eigenvalue weighted by Crippen LogP contribution is -2.44. The lowest BCUT2D eigenvalue weighted by Gasteiger charge is -2.35. The third-order valence-electron chi connectivity index (χ3n) is 3.72.